The van der Waals surface area contributed by atoms with Crippen molar-refractivity contribution in [2.75, 3.05) is 38.2 Å². The Morgan fingerprint density at radius 2 is 1.79 bits per heavy atom. The van der Waals surface area contributed by atoms with E-state index in [9.17, 15) is 4.39 Å². The van der Waals surface area contributed by atoms with Gasteiger partial charge in [0.15, 0.2) is 0 Å². The number of thiophene rings is 1. The van der Waals surface area contributed by atoms with Crippen LogP contribution in [0.2, 0.25) is 0 Å². The molecule has 1 saturated heterocycles. The molecular formula is C26H27FN4OS. The minimum Gasteiger partial charge on any atom is -0.496 e. The molecule has 0 unspecified atom stereocenters. The maximum atomic E-state index is 13.8. The molecule has 170 valence electrons. The molecule has 2 aromatic heterocycles. The first kappa shape index (κ1) is 21.8. The topological polar surface area (TPSA) is 41.5 Å². The molecule has 2 aromatic carbocycles. The Labute approximate surface area is 197 Å². The molecule has 3 heterocycles. The van der Waals surface area contributed by atoms with E-state index in [-0.39, 0.29) is 5.82 Å². The molecule has 1 fully saturated rings. The number of rotatable bonds is 6. The van der Waals surface area contributed by atoms with E-state index in [0.29, 0.717) is 6.54 Å². The number of piperazine rings is 1. The fourth-order valence-corrected chi connectivity index (χ4v) is 5.29. The van der Waals surface area contributed by atoms with Gasteiger partial charge in [-0.05, 0) is 36.8 Å². The SMILES string of the molecule is COc1ccc(F)cc1CN1CCN(c2nc(Cc3ccccc3)nc3sc(C)cc23)CC1. The summed E-state index contributed by atoms with van der Waals surface area (Å²) >= 11 is 1.73. The van der Waals surface area contributed by atoms with Crippen LogP contribution in [0.1, 0.15) is 21.8 Å². The van der Waals surface area contributed by atoms with Crippen molar-refractivity contribution in [1.29, 1.82) is 0 Å². The van der Waals surface area contributed by atoms with Crippen LogP contribution in [0, 0.1) is 12.7 Å². The average molecular weight is 463 g/mol. The van der Waals surface area contributed by atoms with Gasteiger partial charge in [0.05, 0.1) is 12.5 Å². The van der Waals surface area contributed by atoms with Crippen molar-refractivity contribution >= 4 is 27.4 Å². The largest absolute Gasteiger partial charge is 0.496 e. The van der Waals surface area contributed by atoms with Gasteiger partial charge in [-0.15, -0.1) is 11.3 Å². The molecule has 1 aliphatic rings. The van der Waals surface area contributed by atoms with Gasteiger partial charge in [-0.1, -0.05) is 30.3 Å². The molecule has 0 atom stereocenters. The van der Waals surface area contributed by atoms with Gasteiger partial charge in [-0.2, -0.15) is 0 Å². The first-order valence-corrected chi connectivity index (χ1v) is 12.0. The zero-order valence-corrected chi connectivity index (χ0v) is 19.7. The van der Waals surface area contributed by atoms with Gasteiger partial charge in [-0.3, -0.25) is 4.90 Å². The van der Waals surface area contributed by atoms with E-state index in [1.165, 1.54) is 16.5 Å². The van der Waals surface area contributed by atoms with E-state index in [4.69, 9.17) is 14.7 Å². The Hall–Kier alpha value is -3.03. The van der Waals surface area contributed by atoms with E-state index in [1.54, 1.807) is 30.6 Å². The minimum atomic E-state index is -0.230. The summed E-state index contributed by atoms with van der Waals surface area (Å²) in [6.45, 7) is 6.28. The Balaban J connectivity index is 1.35. The van der Waals surface area contributed by atoms with Crippen molar-refractivity contribution in [2.45, 2.75) is 19.9 Å². The van der Waals surface area contributed by atoms with Crippen molar-refractivity contribution in [3.8, 4) is 5.75 Å². The number of fused-ring (bicyclic) bond motifs is 1. The number of benzene rings is 2. The Bertz CT molecular complexity index is 1250. The molecule has 0 radical (unpaired) electrons. The lowest BCUT2D eigenvalue weighted by atomic mass is 10.1. The third kappa shape index (κ3) is 4.84. The van der Waals surface area contributed by atoms with Crippen molar-refractivity contribution in [3.63, 3.8) is 0 Å². The van der Waals surface area contributed by atoms with E-state index in [1.807, 2.05) is 6.07 Å². The standard InChI is InChI=1S/C26H27FN4OS/c1-18-14-22-25(28-24(29-26(22)33-18)15-19-6-4-3-5-7-19)31-12-10-30(11-13-31)17-20-16-21(27)8-9-23(20)32-2/h3-9,14,16H,10-13,15,17H2,1-2H3. The monoisotopic (exact) mass is 462 g/mol. The highest BCUT2D eigenvalue weighted by Gasteiger charge is 2.23. The molecule has 0 amide bonds. The summed E-state index contributed by atoms with van der Waals surface area (Å²) in [6, 6.07) is 17.3. The third-order valence-corrected chi connectivity index (χ3v) is 7.00. The Kier molecular flexibility index (Phi) is 6.24. The molecule has 7 heteroatoms. The van der Waals surface area contributed by atoms with Crippen LogP contribution in [0.25, 0.3) is 10.2 Å². The summed E-state index contributed by atoms with van der Waals surface area (Å²) < 4.78 is 19.2. The van der Waals surface area contributed by atoms with Gasteiger partial charge in [0, 0.05) is 49.6 Å². The van der Waals surface area contributed by atoms with Crippen molar-refractivity contribution in [1.82, 2.24) is 14.9 Å². The van der Waals surface area contributed by atoms with Crippen LogP contribution in [0.4, 0.5) is 10.2 Å². The summed E-state index contributed by atoms with van der Waals surface area (Å²) in [6.07, 6.45) is 0.722. The third-order valence-electron chi connectivity index (χ3n) is 6.06. The Morgan fingerprint density at radius 1 is 1.00 bits per heavy atom. The fourth-order valence-electron chi connectivity index (χ4n) is 4.40. The predicted molar refractivity (Wildman–Crippen MR) is 132 cm³/mol. The maximum absolute atomic E-state index is 13.8. The molecule has 0 saturated carbocycles. The van der Waals surface area contributed by atoms with Crippen molar-refractivity contribution in [2.24, 2.45) is 0 Å². The molecule has 33 heavy (non-hydrogen) atoms. The number of halogens is 1. The molecule has 0 N–H and O–H groups in total. The van der Waals surface area contributed by atoms with Gasteiger partial charge in [0.1, 0.15) is 28.0 Å². The smallest absolute Gasteiger partial charge is 0.141 e. The molecule has 4 aromatic rings. The van der Waals surface area contributed by atoms with Gasteiger partial charge in [0.2, 0.25) is 0 Å². The number of hydrogen-bond donors (Lipinski definition) is 0. The summed E-state index contributed by atoms with van der Waals surface area (Å²) in [7, 11) is 1.63. The highest BCUT2D eigenvalue weighted by atomic mass is 32.1. The van der Waals surface area contributed by atoms with Gasteiger partial charge >= 0.3 is 0 Å². The highest BCUT2D eigenvalue weighted by Crippen LogP contribution is 2.32. The van der Waals surface area contributed by atoms with Gasteiger partial charge < -0.3 is 9.64 Å². The number of anilines is 1. The lowest BCUT2D eigenvalue weighted by Crippen LogP contribution is -2.46. The van der Waals surface area contributed by atoms with Crippen LogP contribution < -0.4 is 9.64 Å². The molecule has 5 nitrogen and oxygen atoms in total. The van der Waals surface area contributed by atoms with E-state index >= 15 is 0 Å². The minimum absolute atomic E-state index is 0.230. The summed E-state index contributed by atoms with van der Waals surface area (Å²) in [4.78, 5) is 16.9. The second-order valence-electron chi connectivity index (χ2n) is 8.42. The molecule has 0 bridgehead atoms. The molecular weight excluding hydrogens is 435 g/mol. The summed E-state index contributed by atoms with van der Waals surface area (Å²) in [5.74, 6) is 2.39. The molecule has 0 aliphatic carbocycles. The fraction of sp³-hybridized carbons (Fsp3) is 0.308. The van der Waals surface area contributed by atoms with Crippen LogP contribution in [-0.4, -0.2) is 48.2 Å². The van der Waals surface area contributed by atoms with Crippen molar-refractivity contribution < 1.29 is 9.13 Å². The lowest BCUT2D eigenvalue weighted by Gasteiger charge is -2.36. The molecule has 5 rings (SSSR count). The van der Waals surface area contributed by atoms with Crippen LogP contribution in [0.5, 0.6) is 5.75 Å². The first-order chi connectivity index (χ1) is 16.1. The number of aromatic nitrogens is 2. The quantitative estimate of drug-likeness (QED) is 0.401. The van der Waals surface area contributed by atoms with Gasteiger partial charge in [-0.25, -0.2) is 14.4 Å². The number of ether oxygens (including phenoxy) is 1. The second-order valence-corrected chi connectivity index (χ2v) is 9.66. The number of hydrogen-bond acceptors (Lipinski definition) is 6. The zero-order chi connectivity index (χ0) is 22.8. The second kappa shape index (κ2) is 9.45. The number of methoxy groups -OCH3 is 1. The summed E-state index contributed by atoms with van der Waals surface area (Å²) in [5.41, 5.74) is 2.10. The normalized spacial score (nSPS) is 14.7. The van der Waals surface area contributed by atoms with Crippen LogP contribution in [0.15, 0.2) is 54.6 Å². The number of nitrogens with zero attached hydrogens (tertiary/aromatic N) is 4. The molecule has 1 aliphatic heterocycles. The highest BCUT2D eigenvalue weighted by molar-refractivity contribution is 7.18. The lowest BCUT2D eigenvalue weighted by molar-refractivity contribution is 0.245. The summed E-state index contributed by atoms with van der Waals surface area (Å²) in [5, 5.41) is 1.13. The van der Waals surface area contributed by atoms with Gasteiger partial charge in [0.25, 0.3) is 0 Å². The molecule has 0 spiro atoms. The van der Waals surface area contributed by atoms with Crippen LogP contribution in [0.3, 0.4) is 0 Å². The van der Waals surface area contributed by atoms with E-state index in [0.717, 1.165) is 65.8 Å². The van der Waals surface area contributed by atoms with Crippen molar-refractivity contribution in [3.05, 3.63) is 82.2 Å². The Morgan fingerprint density at radius 3 is 2.55 bits per heavy atom. The van der Waals surface area contributed by atoms with E-state index in [2.05, 4.69) is 47.1 Å². The van der Waals surface area contributed by atoms with E-state index < -0.39 is 0 Å². The maximum Gasteiger partial charge on any atom is 0.141 e. The van der Waals surface area contributed by atoms with Crippen LogP contribution >= 0.6 is 11.3 Å². The van der Waals surface area contributed by atoms with Crippen LogP contribution in [-0.2, 0) is 13.0 Å². The number of aryl methyl sites for hydroxylation is 1. The predicted octanol–water partition coefficient (Wildman–Crippen LogP) is 5.06. The zero-order valence-electron chi connectivity index (χ0n) is 18.9. The average Bonchev–Trinajstić information content (AvgIpc) is 3.20. The first-order valence-electron chi connectivity index (χ1n) is 11.2.